The maximum absolute atomic E-state index is 5.05. The van der Waals surface area contributed by atoms with Crippen LogP contribution in [0.4, 0.5) is 17.3 Å². The van der Waals surface area contributed by atoms with Crippen molar-refractivity contribution in [2.24, 2.45) is 7.05 Å². The second-order valence-corrected chi connectivity index (χ2v) is 8.88. The van der Waals surface area contributed by atoms with Crippen molar-refractivity contribution < 1.29 is 0 Å². The standard InChI is InChI=1S/C25H36N6/c1-7-11-30(16-20-15-26-22(8-2)27-20)25-21-10-9-12-31(24(21)28-29(25)6)23-18(4)13-17(3)14-19(23)5/h13-15H,7-12,16H2,1-6H3,(H,26,27). The predicted octanol–water partition coefficient (Wildman–Crippen LogP) is 5.13. The number of hydrogen-bond acceptors (Lipinski definition) is 4. The van der Waals surface area contributed by atoms with E-state index in [0.717, 1.165) is 62.7 Å². The highest BCUT2D eigenvalue weighted by Crippen LogP contribution is 2.41. The van der Waals surface area contributed by atoms with Crippen molar-refractivity contribution in [3.05, 3.63) is 52.1 Å². The van der Waals surface area contributed by atoms with E-state index < -0.39 is 0 Å². The lowest BCUT2D eigenvalue weighted by atomic mass is 10.00. The van der Waals surface area contributed by atoms with Crippen LogP contribution in [0.15, 0.2) is 18.3 Å². The first kappa shape index (κ1) is 21.5. The number of rotatable bonds is 7. The van der Waals surface area contributed by atoms with E-state index in [2.05, 4.69) is 78.2 Å². The zero-order valence-electron chi connectivity index (χ0n) is 19.9. The number of aromatic nitrogens is 4. The molecule has 0 amide bonds. The number of fused-ring (bicyclic) bond motifs is 1. The molecule has 4 rings (SSSR count). The summed E-state index contributed by atoms with van der Waals surface area (Å²) in [5.41, 5.74) is 7.83. The zero-order chi connectivity index (χ0) is 22.1. The highest BCUT2D eigenvalue weighted by Gasteiger charge is 2.30. The van der Waals surface area contributed by atoms with Gasteiger partial charge in [-0.05, 0) is 51.2 Å². The number of benzene rings is 1. The van der Waals surface area contributed by atoms with Crippen LogP contribution in [0.1, 0.15) is 60.5 Å². The summed E-state index contributed by atoms with van der Waals surface area (Å²) >= 11 is 0. The Labute approximate surface area is 186 Å². The van der Waals surface area contributed by atoms with Crippen LogP contribution in [0.5, 0.6) is 0 Å². The average Bonchev–Trinajstić information content (AvgIpc) is 3.30. The summed E-state index contributed by atoms with van der Waals surface area (Å²) in [6, 6.07) is 4.57. The van der Waals surface area contributed by atoms with Gasteiger partial charge in [0, 0.05) is 37.8 Å². The van der Waals surface area contributed by atoms with Crippen molar-refractivity contribution >= 4 is 17.3 Å². The third kappa shape index (κ3) is 4.08. The Morgan fingerprint density at radius 2 is 1.87 bits per heavy atom. The molecule has 166 valence electrons. The quantitative estimate of drug-likeness (QED) is 0.576. The molecule has 1 aliphatic heterocycles. The summed E-state index contributed by atoms with van der Waals surface area (Å²) in [6.07, 6.45) is 6.22. The molecule has 0 bridgehead atoms. The van der Waals surface area contributed by atoms with Crippen LogP contribution in [0.3, 0.4) is 0 Å². The van der Waals surface area contributed by atoms with Gasteiger partial charge in [0.05, 0.1) is 18.4 Å². The number of H-pyrrole nitrogens is 1. The first-order chi connectivity index (χ1) is 14.9. The van der Waals surface area contributed by atoms with Gasteiger partial charge in [-0.2, -0.15) is 5.10 Å². The highest BCUT2D eigenvalue weighted by molar-refractivity contribution is 5.74. The lowest BCUT2D eigenvalue weighted by molar-refractivity contribution is 0.681. The van der Waals surface area contributed by atoms with Crippen molar-refractivity contribution in [1.29, 1.82) is 0 Å². The highest BCUT2D eigenvalue weighted by atomic mass is 15.4. The van der Waals surface area contributed by atoms with Crippen LogP contribution in [-0.4, -0.2) is 32.8 Å². The number of hydrogen-bond donors (Lipinski definition) is 1. The Kier molecular flexibility index (Phi) is 6.08. The summed E-state index contributed by atoms with van der Waals surface area (Å²) in [4.78, 5) is 12.9. The van der Waals surface area contributed by atoms with E-state index in [1.165, 1.54) is 33.8 Å². The van der Waals surface area contributed by atoms with Crippen molar-refractivity contribution in [3.8, 4) is 0 Å². The molecule has 31 heavy (non-hydrogen) atoms. The molecular formula is C25H36N6. The number of aryl methyl sites for hydroxylation is 5. The molecule has 6 heteroatoms. The minimum Gasteiger partial charge on any atom is -0.351 e. The largest absolute Gasteiger partial charge is 0.351 e. The number of aromatic amines is 1. The molecular weight excluding hydrogens is 384 g/mol. The molecule has 0 fully saturated rings. The van der Waals surface area contributed by atoms with Crippen molar-refractivity contribution in [2.75, 3.05) is 22.9 Å². The molecule has 2 aromatic heterocycles. The van der Waals surface area contributed by atoms with Crippen LogP contribution in [0, 0.1) is 20.8 Å². The summed E-state index contributed by atoms with van der Waals surface area (Å²) in [5.74, 6) is 3.42. The molecule has 3 heterocycles. The number of imidazole rings is 1. The van der Waals surface area contributed by atoms with Gasteiger partial charge in [-0.15, -0.1) is 0 Å². The molecule has 1 aliphatic rings. The van der Waals surface area contributed by atoms with E-state index in [9.17, 15) is 0 Å². The van der Waals surface area contributed by atoms with Crippen molar-refractivity contribution in [2.45, 2.75) is 66.8 Å². The van der Waals surface area contributed by atoms with Gasteiger partial charge >= 0.3 is 0 Å². The lowest BCUT2D eigenvalue weighted by Gasteiger charge is -2.32. The fourth-order valence-electron chi connectivity index (χ4n) is 5.12. The van der Waals surface area contributed by atoms with Crippen LogP contribution in [0.2, 0.25) is 0 Å². The fourth-order valence-corrected chi connectivity index (χ4v) is 5.12. The van der Waals surface area contributed by atoms with Crippen LogP contribution in [-0.2, 0) is 26.4 Å². The predicted molar refractivity (Wildman–Crippen MR) is 128 cm³/mol. The molecule has 0 saturated heterocycles. The Balaban J connectivity index is 1.74. The molecule has 0 saturated carbocycles. The molecule has 1 N–H and O–H groups in total. The molecule has 3 aromatic rings. The van der Waals surface area contributed by atoms with E-state index in [4.69, 9.17) is 5.10 Å². The first-order valence-electron chi connectivity index (χ1n) is 11.6. The molecule has 0 atom stereocenters. The molecule has 0 aliphatic carbocycles. The second kappa shape index (κ2) is 8.77. The maximum Gasteiger partial charge on any atom is 0.160 e. The van der Waals surface area contributed by atoms with E-state index in [1.807, 2.05) is 6.20 Å². The zero-order valence-corrected chi connectivity index (χ0v) is 19.9. The minimum absolute atomic E-state index is 0.829. The first-order valence-corrected chi connectivity index (χ1v) is 11.6. The van der Waals surface area contributed by atoms with E-state index in [-0.39, 0.29) is 0 Å². The topological polar surface area (TPSA) is 53.0 Å². The fraction of sp³-hybridized carbons (Fsp3) is 0.520. The SMILES string of the molecule is CCCN(Cc1cnc(CC)[nH]1)c1c2c(nn1C)N(c1c(C)cc(C)cc1C)CCC2. The number of nitrogens with one attached hydrogen (secondary N) is 1. The second-order valence-electron chi connectivity index (χ2n) is 8.88. The van der Waals surface area contributed by atoms with E-state index in [1.54, 1.807) is 0 Å². The normalized spacial score (nSPS) is 13.5. The van der Waals surface area contributed by atoms with Gasteiger partial charge in [-0.3, -0.25) is 4.68 Å². The third-order valence-electron chi connectivity index (χ3n) is 6.23. The summed E-state index contributed by atoms with van der Waals surface area (Å²) in [6.45, 7) is 13.8. The molecule has 0 unspecified atom stereocenters. The Morgan fingerprint density at radius 1 is 1.13 bits per heavy atom. The summed E-state index contributed by atoms with van der Waals surface area (Å²) in [7, 11) is 2.09. The number of anilines is 3. The van der Waals surface area contributed by atoms with Gasteiger partial charge in [-0.1, -0.05) is 31.5 Å². The minimum atomic E-state index is 0.829. The lowest BCUT2D eigenvalue weighted by Crippen LogP contribution is -2.29. The van der Waals surface area contributed by atoms with Gasteiger partial charge in [0.25, 0.3) is 0 Å². The molecule has 1 aromatic carbocycles. The van der Waals surface area contributed by atoms with Crippen molar-refractivity contribution in [1.82, 2.24) is 19.7 Å². The Bertz CT molecular complexity index is 1040. The van der Waals surface area contributed by atoms with Crippen LogP contribution in [0.25, 0.3) is 0 Å². The van der Waals surface area contributed by atoms with Gasteiger partial charge in [0.1, 0.15) is 11.6 Å². The van der Waals surface area contributed by atoms with Crippen LogP contribution < -0.4 is 9.80 Å². The Morgan fingerprint density at radius 3 is 2.52 bits per heavy atom. The summed E-state index contributed by atoms with van der Waals surface area (Å²) in [5, 5.41) is 5.05. The molecule has 6 nitrogen and oxygen atoms in total. The van der Waals surface area contributed by atoms with Crippen LogP contribution >= 0.6 is 0 Å². The third-order valence-corrected chi connectivity index (χ3v) is 6.23. The average molecular weight is 421 g/mol. The monoisotopic (exact) mass is 420 g/mol. The Hall–Kier alpha value is -2.76. The van der Waals surface area contributed by atoms with E-state index >= 15 is 0 Å². The van der Waals surface area contributed by atoms with Gasteiger partial charge in [-0.25, -0.2) is 4.98 Å². The maximum atomic E-state index is 5.05. The van der Waals surface area contributed by atoms with E-state index in [0.29, 0.717) is 0 Å². The molecule has 0 radical (unpaired) electrons. The van der Waals surface area contributed by atoms with Gasteiger partial charge in [0.2, 0.25) is 0 Å². The number of nitrogens with zero attached hydrogens (tertiary/aromatic N) is 5. The molecule has 0 spiro atoms. The smallest absolute Gasteiger partial charge is 0.160 e. The summed E-state index contributed by atoms with van der Waals surface area (Å²) < 4.78 is 2.09. The van der Waals surface area contributed by atoms with Gasteiger partial charge < -0.3 is 14.8 Å². The van der Waals surface area contributed by atoms with Crippen molar-refractivity contribution in [3.63, 3.8) is 0 Å². The van der Waals surface area contributed by atoms with Gasteiger partial charge in [0.15, 0.2) is 5.82 Å².